The van der Waals surface area contributed by atoms with Crippen LogP contribution in [-0.4, -0.2) is 27.8 Å². The van der Waals surface area contributed by atoms with E-state index >= 15 is 0 Å². The Labute approximate surface area is 161 Å². The number of nitrogens with one attached hydrogen (secondary N) is 1. The first-order valence-electron chi connectivity index (χ1n) is 8.97. The third-order valence-electron chi connectivity index (χ3n) is 4.48. The van der Waals surface area contributed by atoms with Gasteiger partial charge in [-0.1, -0.05) is 6.92 Å². The summed E-state index contributed by atoms with van der Waals surface area (Å²) in [5.74, 6) is -0.337. The number of amides is 1. The van der Waals surface area contributed by atoms with Crippen LogP contribution < -0.4 is 10.9 Å². The second-order valence-electron chi connectivity index (χ2n) is 7.14. The van der Waals surface area contributed by atoms with Gasteiger partial charge >= 0.3 is 5.97 Å². The molecule has 144 valence electrons. The van der Waals surface area contributed by atoms with Gasteiger partial charge in [-0.2, -0.15) is 5.10 Å². The quantitative estimate of drug-likeness (QED) is 0.812. The second kappa shape index (κ2) is 7.64. The highest BCUT2D eigenvalue weighted by Crippen LogP contribution is 2.40. The highest BCUT2D eigenvalue weighted by atomic mass is 32.1. The number of hydrogen-bond acceptors (Lipinski definition) is 6. The summed E-state index contributed by atoms with van der Waals surface area (Å²) in [6.45, 7) is 5.78. The van der Waals surface area contributed by atoms with Crippen LogP contribution in [0.3, 0.4) is 0 Å². The molecule has 2 heterocycles. The number of carbonyl (C=O) groups is 2. The third kappa shape index (κ3) is 4.10. The molecule has 1 unspecified atom stereocenters. The van der Waals surface area contributed by atoms with Crippen LogP contribution in [0.4, 0.5) is 5.00 Å². The van der Waals surface area contributed by atoms with Gasteiger partial charge in [0, 0.05) is 18.0 Å². The molecule has 1 amide bonds. The number of nitrogens with zero attached hydrogens (tertiary/aromatic N) is 2. The van der Waals surface area contributed by atoms with Crippen LogP contribution in [0.1, 0.15) is 58.5 Å². The van der Waals surface area contributed by atoms with Crippen molar-refractivity contribution in [3.8, 4) is 0 Å². The van der Waals surface area contributed by atoms with E-state index in [2.05, 4.69) is 17.3 Å². The number of fused-ring (bicyclic) bond motifs is 1. The predicted octanol–water partition coefficient (Wildman–Crippen LogP) is 2.78. The van der Waals surface area contributed by atoms with E-state index < -0.39 is 11.9 Å². The zero-order valence-corrected chi connectivity index (χ0v) is 16.7. The molecule has 3 rings (SSSR count). The molecule has 0 spiro atoms. The number of rotatable bonds is 4. The molecule has 0 aromatic carbocycles. The maximum absolute atomic E-state index is 12.7. The number of carbonyl (C=O) groups excluding carboxylic acids is 2. The van der Waals surface area contributed by atoms with Crippen molar-refractivity contribution in [2.24, 2.45) is 13.0 Å². The molecule has 0 radical (unpaired) electrons. The normalized spacial score (nSPS) is 16.1. The average molecular weight is 389 g/mol. The van der Waals surface area contributed by atoms with E-state index in [1.165, 1.54) is 30.5 Å². The van der Waals surface area contributed by atoms with E-state index in [1.54, 1.807) is 13.8 Å². The fourth-order valence-corrected chi connectivity index (χ4v) is 4.51. The Balaban J connectivity index is 1.96. The summed E-state index contributed by atoms with van der Waals surface area (Å²) in [7, 11) is 1.48. The summed E-state index contributed by atoms with van der Waals surface area (Å²) in [6.07, 6.45) is 2.44. The van der Waals surface area contributed by atoms with E-state index in [9.17, 15) is 14.4 Å². The van der Waals surface area contributed by atoms with Crippen molar-refractivity contribution in [1.29, 1.82) is 0 Å². The maximum atomic E-state index is 12.7. The molecule has 0 saturated carbocycles. The Morgan fingerprint density at radius 3 is 2.78 bits per heavy atom. The molecule has 7 nitrogen and oxygen atoms in total. The monoisotopic (exact) mass is 389 g/mol. The van der Waals surface area contributed by atoms with Crippen molar-refractivity contribution < 1.29 is 14.3 Å². The van der Waals surface area contributed by atoms with Crippen molar-refractivity contribution >= 4 is 28.2 Å². The maximum Gasteiger partial charge on any atom is 0.341 e. The van der Waals surface area contributed by atoms with Gasteiger partial charge in [-0.15, -0.1) is 11.3 Å². The third-order valence-corrected chi connectivity index (χ3v) is 5.65. The molecule has 1 aliphatic rings. The summed E-state index contributed by atoms with van der Waals surface area (Å²) in [5.41, 5.74) is 1.24. The van der Waals surface area contributed by atoms with Gasteiger partial charge in [-0.3, -0.25) is 9.59 Å². The molecule has 0 bridgehead atoms. The van der Waals surface area contributed by atoms with Crippen molar-refractivity contribution in [3.63, 3.8) is 0 Å². The Kier molecular flexibility index (Phi) is 5.46. The molecule has 2 aromatic heterocycles. The molecule has 1 atom stereocenters. The van der Waals surface area contributed by atoms with Gasteiger partial charge in [0.1, 0.15) is 10.7 Å². The van der Waals surface area contributed by atoms with Gasteiger partial charge < -0.3 is 10.1 Å². The molecule has 1 aliphatic carbocycles. The molecule has 27 heavy (non-hydrogen) atoms. The topological polar surface area (TPSA) is 90.3 Å². The van der Waals surface area contributed by atoms with E-state index in [0.29, 0.717) is 16.5 Å². The van der Waals surface area contributed by atoms with Crippen LogP contribution in [0.5, 0.6) is 0 Å². The van der Waals surface area contributed by atoms with Gasteiger partial charge in [0.05, 0.1) is 11.7 Å². The first-order valence-corrected chi connectivity index (χ1v) is 9.79. The lowest BCUT2D eigenvalue weighted by atomic mass is 9.88. The van der Waals surface area contributed by atoms with Crippen molar-refractivity contribution in [1.82, 2.24) is 9.78 Å². The van der Waals surface area contributed by atoms with Crippen LogP contribution in [0.15, 0.2) is 16.9 Å². The van der Waals surface area contributed by atoms with E-state index in [4.69, 9.17) is 4.74 Å². The largest absolute Gasteiger partial charge is 0.459 e. The smallest absolute Gasteiger partial charge is 0.341 e. The average Bonchev–Trinajstić information content (AvgIpc) is 2.93. The number of aryl methyl sites for hydroxylation is 1. The number of ether oxygens (including phenoxy) is 1. The molecule has 0 fully saturated rings. The lowest BCUT2D eigenvalue weighted by Crippen LogP contribution is -2.24. The SMILES string of the molecule is CC1CCc2c(sc(NC(=O)c3ccc(=O)n(C)n3)c2C(=O)OC(C)C)C1. The zero-order chi connectivity index (χ0) is 19.7. The number of esters is 1. The van der Waals surface area contributed by atoms with E-state index in [1.807, 2.05) is 0 Å². The highest BCUT2D eigenvalue weighted by Gasteiger charge is 2.30. The highest BCUT2D eigenvalue weighted by molar-refractivity contribution is 7.17. The first-order chi connectivity index (χ1) is 12.8. The molecule has 0 aliphatic heterocycles. The molecule has 2 aromatic rings. The van der Waals surface area contributed by atoms with E-state index in [0.717, 1.165) is 34.4 Å². The molecule has 8 heteroatoms. The van der Waals surface area contributed by atoms with Crippen LogP contribution >= 0.6 is 11.3 Å². The summed E-state index contributed by atoms with van der Waals surface area (Å²) >= 11 is 1.42. The number of hydrogen-bond donors (Lipinski definition) is 1. The standard InChI is InChI=1S/C19H23N3O4S/c1-10(2)26-19(25)16-12-6-5-11(3)9-14(12)27-18(16)20-17(24)13-7-8-15(23)22(4)21-13/h7-8,10-11H,5-6,9H2,1-4H3,(H,20,24). The number of thiophene rings is 1. The lowest BCUT2D eigenvalue weighted by Gasteiger charge is -2.18. The molecular weight excluding hydrogens is 366 g/mol. The first kappa shape index (κ1) is 19.3. The Morgan fingerprint density at radius 1 is 1.37 bits per heavy atom. The Morgan fingerprint density at radius 2 is 2.11 bits per heavy atom. The predicted molar refractivity (Wildman–Crippen MR) is 103 cm³/mol. The van der Waals surface area contributed by atoms with Crippen molar-refractivity contribution in [3.05, 3.63) is 44.2 Å². The molecule has 1 N–H and O–H groups in total. The number of aromatic nitrogens is 2. The summed E-state index contributed by atoms with van der Waals surface area (Å²) < 4.78 is 6.51. The van der Waals surface area contributed by atoms with Gasteiger partial charge in [-0.25, -0.2) is 9.48 Å². The van der Waals surface area contributed by atoms with Crippen LogP contribution in [-0.2, 0) is 24.6 Å². The van der Waals surface area contributed by atoms with Crippen LogP contribution in [0, 0.1) is 5.92 Å². The Hall–Kier alpha value is -2.48. The van der Waals surface area contributed by atoms with Crippen LogP contribution in [0.2, 0.25) is 0 Å². The minimum Gasteiger partial charge on any atom is -0.459 e. The van der Waals surface area contributed by atoms with Gasteiger partial charge in [0.2, 0.25) is 0 Å². The van der Waals surface area contributed by atoms with Gasteiger partial charge in [0.15, 0.2) is 0 Å². The molecule has 0 saturated heterocycles. The van der Waals surface area contributed by atoms with Crippen molar-refractivity contribution in [2.75, 3.05) is 5.32 Å². The molecular formula is C19H23N3O4S. The lowest BCUT2D eigenvalue weighted by molar-refractivity contribution is 0.0378. The van der Waals surface area contributed by atoms with Gasteiger partial charge in [0.25, 0.3) is 11.5 Å². The van der Waals surface area contributed by atoms with Gasteiger partial charge in [-0.05, 0) is 50.7 Å². The number of anilines is 1. The summed E-state index contributed by atoms with van der Waals surface area (Å²) in [6, 6.07) is 2.66. The fourth-order valence-electron chi connectivity index (χ4n) is 3.12. The van der Waals surface area contributed by atoms with Crippen molar-refractivity contribution in [2.45, 2.75) is 46.1 Å². The Bertz CT molecular complexity index is 945. The second-order valence-corrected chi connectivity index (χ2v) is 8.25. The van der Waals surface area contributed by atoms with Crippen LogP contribution in [0.25, 0.3) is 0 Å². The minimum atomic E-state index is -0.462. The summed E-state index contributed by atoms with van der Waals surface area (Å²) in [4.78, 5) is 37.9. The van der Waals surface area contributed by atoms with E-state index in [-0.39, 0.29) is 17.4 Å². The zero-order valence-electron chi connectivity index (χ0n) is 15.9. The summed E-state index contributed by atoms with van der Waals surface area (Å²) in [5, 5.41) is 7.25. The fraction of sp³-hybridized carbons (Fsp3) is 0.474. The minimum absolute atomic E-state index is 0.111.